The molecule has 0 saturated heterocycles. The van der Waals surface area contributed by atoms with Crippen LogP contribution < -0.4 is 5.32 Å². The Bertz CT molecular complexity index is 1980. The number of rotatable bonds is 7. The molecular weight excluding hydrogens is 544 g/mol. The van der Waals surface area contributed by atoms with Crippen LogP contribution in [0.25, 0.3) is 50.5 Å². The lowest BCUT2D eigenvalue weighted by molar-refractivity contribution is 0.201. The van der Waals surface area contributed by atoms with Gasteiger partial charge in [-0.15, -0.1) is 0 Å². The molecule has 1 saturated carbocycles. The smallest absolute Gasteiger partial charge is 0.153 e. The zero-order valence-corrected chi connectivity index (χ0v) is 23.8. The standard InChI is InChI=1S/C35H29F2N5O/c1-20-18-21(2)27(19-26(20)22(3)42-35(12-4-13-35)34-40-14-5-15-41-34)25-10-11-28-29(31(25)37)30(33-38-16-17-39-33)32(43-28)23-6-8-24(36)9-7-23/h5-11,14-19,42H,3-4,12-13H2,1-2H3,(H,38,39). The van der Waals surface area contributed by atoms with Gasteiger partial charge in [-0.3, -0.25) is 0 Å². The lowest BCUT2D eigenvalue weighted by Crippen LogP contribution is -2.48. The molecule has 3 aromatic heterocycles. The maximum atomic E-state index is 16.8. The molecule has 1 aliphatic carbocycles. The molecule has 6 aromatic rings. The number of hydrogen-bond donors (Lipinski definition) is 2. The average molecular weight is 574 g/mol. The summed E-state index contributed by atoms with van der Waals surface area (Å²) < 4.78 is 36.7. The van der Waals surface area contributed by atoms with Crippen molar-refractivity contribution in [3.8, 4) is 33.8 Å². The fourth-order valence-corrected chi connectivity index (χ4v) is 6.10. The Kier molecular flexibility index (Phi) is 6.42. The summed E-state index contributed by atoms with van der Waals surface area (Å²) in [5.41, 5.74) is 5.88. The van der Waals surface area contributed by atoms with Gasteiger partial charge in [0.1, 0.15) is 28.8 Å². The minimum atomic E-state index is -0.425. The number of aromatic amines is 1. The maximum Gasteiger partial charge on any atom is 0.153 e. The van der Waals surface area contributed by atoms with Gasteiger partial charge >= 0.3 is 0 Å². The predicted molar refractivity (Wildman–Crippen MR) is 164 cm³/mol. The van der Waals surface area contributed by atoms with Gasteiger partial charge in [0, 0.05) is 47.2 Å². The minimum Gasteiger partial charge on any atom is -0.455 e. The molecule has 214 valence electrons. The lowest BCUT2D eigenvalue weighted by Gasteiger charge is -2.42. The minimum absolute atomic E-state index is 0.305. The third kappa shape index (κ3) is 4.50. The van der Waals surface area contributed by atoms with Crippen molar-refractivity contribution in [1.29, 1.82) is 0 Å². The van der Waals surface area contributed by atoms with Gasteiger partial charge in [-0.2, -0.15) is 0 Å². The van der Waals surface area contributed by atoms with Crippen LogP contribution in [0.4, 0.5) is 8.78 Å². The number of furan rings is 1. The number of nitrogens with one attached hydrogen (secondary N) is 2. The molecule has 3 aromatic carbocycles. The van der Waals surface area contributed by atoms with E-state index in [1.165, 1.54) is 12.1 Å². The van der Waals surface area contributed by atoms with Gasteiger partial charge in [-0.05, 0) is 98.3 Å². The van der Waals surface area contributed by atoms with Crippen molar-refractivity contribution in [3.63, 3.8) is 0 Å². The lowest BCUT2D eigenvalue weighted by atomic mass is 9.75. The monoisotopic (exact) mass is 573 g/mol. The van der Waals surface area contributed by atoms with Crippen LogP contribution in [0, 0.1) is 25.5 Å². The molecule has 1 fully saturated rings. The zero-order valence-electron chi connectivity index (χ0n) is 23.8. The Morgan fingerprint density at radius 1 is 0.930 bits per heavy atom. The first-order chi connectivity index (χ1) is 20.8. The predicted octanol–water partition coefficient (Wildman–Crippen LogP) is 8.48. The molecule has 0 amide bonds. The van der Waals surface area contributed by atoms with E-state index in [9.17, 15) is 4.39 Å². The van der Waals surface area contributed by atoms with E-state index in [0.29, 0.717) is 39.2 Å². The van der Waals surface area contributed by atoms with Gasteiger partial charge < -0.3 is 14.7 Å². The van der Waals surface area contributed by atoms with Crippen molar-refractivity contribution in [2.75, 3.05) is 0 Å². The molecule has 1 aliphatic rings. The van der Waals surface area contributed by atoms with Gasteiger partial charge in [0.2, 0.25) is 0 Å². The summed E-state index contributed by atoms with van der Waals surface area (Å²) in [5, 5.41) is 3.94. The summed E-state index contributed by atoms with van der Waals surface area (Å²) in [6.45, 7) is 8.40. The Morgan fingerprint density at radius 2 is 1.70 bits per heavy atom. The van der Waals surface area contributed by atoms with Crippen LogP contribution in [-0.4, -0.2) is 19.9 Å². The van der Waals surface area contributed by atoms with Crippen LogP contribution in [0.2, 0.25) is 0 Å². The molecule has 0 bridgehead atoms. The topological polar surface area (TPSA) is 79.6 Å². The summed E-state index contributed by atoms with van der Waals surface area (Å²) >= 11 is 0. The number of H-pyrrole nitrogens is 1. The first-order valence-electron chi connectivity index (χ1n) is 14.2. The summed E-state index contributed by atoms with van der Waals surface area (Å²) in [5.74, 6) is 0.835. The number of nitrogens with zero attached hydrogens (tertiary/aromatic N) is 3. The van der Waals surface area contributed by atoms with E-state index < -0.39 is 5.82 Å². The second-order valence-corrected chi connectivity index (χ2v) is 11.1. The second kappa shape index (κ2) is 10.3. The second-order valence-electron chi connectivity index (χ2n) is 11.1. The molecule has 0 radical (unpaired) electrons. The fourth-order valence-electron chi connectivity index (χ4n) is 6.10. The first-order valence-corrected chi connectivity index (χ1v) is 14.2. The highest BCUT2D eigenvalue weighted by Crippen LogP contribution is 2.45. The summed E-state index contributed by atoms with van der Waals surface area (Å²) in [4.78, 5) is 16.5. The molecule has 2 N–H and O–H groups in total. The number of benzene rings is 3. The van der Waals surface area contributed by atoms with Crippen LogP contribution in [0.15, 0.2) is 90.4 Å². The number of aryl methyl sites for hydroxylation is 2. The molecule has 43 heavy (non-hydrogen) atoms. The normalized spacial score (nSPS) is 14.0. The van der Waals surface area contributed by atoms with Gasteiger partial charge in [-0.1, -0.05) is 12.6 Å². The molecular formula is C35H29F2N5O. The van der Waals surface area contributed by atoms with Gasteiger partial charge in [-0.25, -0.2) is 23.7 Å². The molecule has 8 heteroatoms. The molecule has 0 unspecified atom stereocenters. The first kappa shape index (κ1) is 26.8. The number of imidazole rings is 1. The van der Waals surface area contributed by atoms with Crippen LogP contribution in [0.5, 0.6) is 0 Å². The molecule has 3 heterocycles. The van der Waals surface area contributed by atoms with Crippen LogP contribution in [0.1, 0.15) is 41.8 Å². The molecule has 6 nitrogen and oxygen atoms in total. The third-order valence-electron chi connectivity index (χ3n) is 8.41. The van der Waals surface area contributed by atoms with Crippen LogP contribution >= 0.6 is 0 Å². The SMILES string of the molecule is C=C(NC1(c2ncccn2)CCC1)c1cc(-c2ccc3oc(-c4ccc(F)cc4)c(-c4ncc[nH]4)c3c2F)c(C)cc1C. The molecule has 0 aliphatic heterocycles. The summed E-state index contributed by atoms with van der Waals surface area (Å²) in [6, 6.07) is 15.3. The van der Waals surface area contributed by atoms with Crippen molar-refractivity contribution >= 4 is 16.7 Å². The van der Waals surface area contributed by atoms with E-state index in [-0.39, 0.29) is 11.4 Å². The average Bonchev–Trinajstić information content (AvgIpc) is 3.65. The Balaban J connectivity index is 1.34. The molecule has 0 atom stereocenters. The van der Waals surface area contributed by atoms with Gasteiger partial charge in [0.15, 0.2) is 5.82 Å². The molecule has 0 spiro atoms. The zero-order chi connectivity index (χ0) is 29.7. The number of fused-ring (bicyclic) bond motifs is 1. The van der Waals surface area contributed by atoms with E-state index >= 15 is 4.39 Å². The third-order valence-corrected chi connectivity index (χ3v) is 8.41. The van der Waals surface area contributed by atoms with Crippen molar-refractivity contribution in [1.82, 2.24) is 25.3 Å². The Hall–Kier alpha value is -5.11. The van der Waals surface area contributed by atoms with Crippen molar-refractivity contribution in [2.45, 2.75) is 38.6 Å². The largest absolute Gasteiger partial charge is 0.455 e. The highest BCUT2D eigenvalue weighted by Gasteiger charge is 2.41. The van der Waals surface area contributed by atoms with E-state index in [2.05, 4.69) is 37.9 Å². The van der Waals surface area contributed by atoms with E-state index in [1.807, 2.05) is 26.0 Å². The Labute approximate surface area is 247 Å². The van der Waals surface area contributed by atoms with E-state index in [0.717, 1.165) is 53.0 Å². The summed E-state index contributed by atoms with van der Waals surface area (Å²) in [7, 11) is 0. The molecule has 7 rings (SSSR count). The number of hydrogen-bond acceptors (Lipinski definition) is 5. The Morgan fingerprint density at radius 3 is 2.37 bits per heavy atom. The highest BCUT2D eigenvalue weighted by atomic mass is 19.1. The van der Waals surface area contributed by atoms with Crippen LogP contribution in [-0.2, 0) is 5.54 Å². The highest BCUT2D eigenvalue weighted by molar-refractivity contribution is 6.02. The van der Waals surface area contributed by atoms with Crippen LogP contribution in [0.3, 0.4) is 0 Å². The van der Waals surface area contributed by atoms with Gasteiger partial charge in [0.05, 0.1) is 16.5 Å². The number of halogens is 2. The summed E-state index contributed by atoms with van der Waals surface area (Å²) in [6.07, 6.45) is 9.69. The van der Waals surface area contributed by atoms with E-state index in [1.54, 1.807) is 49.1 Å². The number of aromatic nitrogens is 4. The van der Waals surface area contributed by atoms with Crippen molar-refractivity contribution < 1.29 is 13.2 Å². The quantitative estimate of drug-likeness (QED) is 0.200. The van der Waals surface area contributed by atoms with Crippen molar-refractivity contribution in [2.24, 2.45) is 0 Å². The van der Waals surface area contributed by atoms with E-state index in [4.69, 9.17) is 4.42 Å². The van der Waals surface area contributed by atoms with Gasteiger partial charge in [0.25, 0.3) is 0 Å². The van der Waals surface area contributed by atoms with Crippen molar-refractivity contribution in [3.05, 3.63) is 120 Å². The maximum absolute atomic E-state index is 16.8. The fraction of sp³-hybridized carbons (Fsp3) is 0.171.